The van der Waals surface area contributed by atoms with Gasteiger partial charge < -0.3 is 4.90 Å². The monoisotopic (exact) mass is 299 g/mol. The normalized spacial score (nSPS) is 20.9. The topological polar surface area (TPSA) is 20.3 Å². The Labute approximate surface area is 109 Å². The van der Waals surface area contributed by atoms with Crippen LogP contribution in [0, 0.1) is 0 Å². The van der Waals surface area contributed by atoms with Gasteiger partial charge in [0.1, 0.15) is 0 Å². The molecule has 1 aliphatic heterocycles. The van der Waals surface area contributed by atoms with Crippen LogP contribution < -0.4 is 0 Å². The second-order valence-electron chi connectivity index (χ2n) is 3.91. The van der Waals surface area contributed by atoms with Crippen molar-refractivity contribution in [3.05, 3.63) is 34.3 Å². The molecule has 0 radical (unpaired) electrons. The number of amides is 1. The van der Waals surface area contributed by atoms with E-state index in [1.807, 2.05) is 40.9 Å². The highest BCUT2D eigenvalue weighted by atomic mass is 79.9. The maximum absolute atomic E-state index is 12.3. The molecule has 1 aliphatic rings. The molecule has 2 nitrogen and oxygen atoms in total. The molecular formula is C12H14BrNOS. The summed E-state index contributed by atoms with van der Waals surface area (Å²) in [5.74, 6) is 1.18. The molecule has 16 heavy (non-hydrogen) atoms. The standard InChI is InChI=1S/C12H14BrNOS/c1-9-8-14(6-7-16-9)12(15)10-4-2-3-5-11(10)13/h2-5,9H,6-8H2,1H3. The van der Waals surface area contributed by atoms with Gasteiger partial charge in [0.15, 0.2) is 0 Å². The molecule has 0 spiro atoms. The van der Waals surface area contributed by atoms with E-state index < -0.39 is 0 Å². The summed E-state index contributed by atoms with van der Waals surface area (Å²) in [5.41, 5.74) is 0.765. The van der Waals surface area contributed by atoms with Crippen molar-refractivity contribution >= 4 is 33.6 Å². The average Bonchev–Trinajstić information content (AvgIpc) is 2.29. The minimum Gasteiger partial charge on any atom is -0.337 e. The van der Waals surface area contributed by atoms with Crippen molar-refractivity contribution in [1.29, 1.82) is 0 Å². The highest BCUT2D eigenvalue weighted by molar-refractivity contribution is 9.10. The fourth-order valence-electron chi connectivity index (χ4n) is 1.81. The third-order valence-electron chi connectivity index (χ3n) is 2.63. The second-order valence-corrected chi connectivity index (χ2v) is 6.31. The van der Waals surface area contributed by atoms with Gasteiger partial charge in [0, 0.05) is 28.6 Å². The van der Waals surface area contributed by atoms with E-state index in [9.17, 15) is 4.79 Å². The Balaban J connectivity index is 2.16. The molecule has 0 N–H and O–H groups in total. The number of hydrogen-bond donors (Lipinski definition) is 0. The summed E-state index contributed by atoms with van der Waals surface area (Å²) >= 11 is 5.36. The van der Waals surface area contributed by atoms with Crippen LogP contribution in [0.25, 0.3) is 0 Å². The number of benzene rings is 1. The SMILES string of the molecule is CC1CN(C(=O)c2ccccc2Br)CCS1. The van der Waals surface area contributed by atoms with E-state index >= 15 is 0 Å². The number of carbonyl (C=O) groups excluding carboxylic acids is 1. The summed E-state index contributed by atoms with van der Waals surface area (Å²) < 4.78 is 0.880. The Hall–Kier alpha value is -0.480. The van der Waals surface area contributed by atoms with Crippen LogP contribution in [0.4, 0.5) is 0 Å². The molecule has 2 rings (SSSR count). The highest BCUT2D eigenvalue weighted by Gasteiger charge is 2.23. The zero-order chi connectivity index (χ0) is 11.5. The van der Waals surface area contributed by atoms with Gasteiger partial charge in [-0.2, -0.15) is 11.8 Å². The first-order valence-electron chi connectivity index (χ1n) is 5.34. The van der Waals surface area contributed by atoms with Gasteiger partial charge >= 0.3 is 0 Å². The van der Waals surface area contributed by atoms with E-state index in [1.165, 1.54) is 0 Å². The molecule has 0 saturated carbocycles. The van der Waals surface area contributed by atoms with Gasteiger partial charge in [0.25, 0.3) is 5.91 Å². The Morgan fingerprint density at radius 1 is 1.50 bits per heavy atom. The van der Waals surface area contributed by atoms with Crippen LogP contribution in [0.5, 0.6) is 0 Å². The lowest BCUT2D eigenvalue weighted by Gasteiger charge is -2.30. The van der Waals surface area contributed by atoms with Crippen molar-refractivity contribution in [3.63, 3.8) is 0 Å². The van der Waals surface area contributed by atoms with Gasteiger partial charge in [-0.1, -0.05) is 19.1 Å². The minimum absolute atomic E-state index is 0.139. The first-order valence-corrected chi connectivity index (χ1v) is 7.18. The van der Waals surface area contributed by atoms with Crippen LogP contribution in [0.3, 0.4) is 0 Å². The van der Waals surface area contributed by atoms with Crippen LogP contribution in [0.2, 0.25) is 0 Å². The van der Waals surface area contributed by atoms with Crippen molar-refractivity contribution < 1.29 is 4.79 Å². The Kier molecular flexibility index (Phi) is 3.92. The maximum Gasteiger partial charge on any atom is 0.255 e. The van der Waals surface area contributed by atoms with Crippen LogP contribution in [-0.2, 0) is 0 Å². The fourth-order valence-corrected chi connectivity index (χ4v) is 3.28. The average molecular weight is 300 g/mol. The number of carbonyl (C=O) groups is 1. The number of hydrogen-bond acceptors (Lipinski definition) is 2. The van der Waals surface area contributed by atoms with E-state index in [-0.39, 0.29) is 5.91 Å². The quantitative estimate of drug-likeness (QED) is 0.794. The first kappa shape index (κ1) is 12.0. The molecular weight excluding hydrogens is 286 g/mol. The van der Waals surface area contributed by atoms with E-state index in [0.717, 1.165) is 28.9 Å². The largest absolute Gasteiger partial charge is 0.337 e. The van der Waals surface area contributed by atoms with E-state index in [1.54, 1.807) is 0 Å². The molecule has 0 bridgehead atoms. The summed E-state index contributed by atoms with van der Waals surface area (Å²) in [6, 6.07) is 7.61. The van der Waals surface area contributed by atoms with Crippen LogP contribution in [0.15, 0.2) is 28.7 Å². The summed E-state index contributed by atoms with van der Waals surface area (Å²) in [7, 11) is 0. The first-order chi connectivity index (χ1) is 7.68. The molecule has 1 aromatic rings. The maximum atomic E-state index is 12.3. The number of halogens is 1. The van der Waals surface area contributed by atoms with Gasteiger partial charge in [-0.25, -0.2) is 0 Å². The highest BCUT2D eigenvalue weighted by Crippen LogP contribution is 2.22. The zero-order valence-corrected chi connectivity index (χ0v) is 11.6. The molecule has 1 fully saturated rings. The molecule has 0 aromatic heterocycles. The third-order valence-corrected chi connectivity index (χ3v) is 4.46. The predicted molar refractivity (Wildman–Crippen MR) is 72.0 cm³/mol. The van der Waals surface area contributed by atoms with Crippen LogP contribution in [0.1, 0.15) is 17.3 Å². The smallest absolute Gasteiger partial charge is 0.255 e. The van der Waals surface area contributed by atoms with E-state index in [0.29, 0.717) is 5.25 Å². The Morgan fingerprint density at radius 2 is 2.25 bits per heavy atom. The van der Waals surface area contributed by atoms with E-state index in [2.05, 4.69) is 22.9 Å². The predicted octanol–water partition coefficient (Wildman–Crippen LogP) is 3.03. The summed E-state index contributed by atoms with van der Waals surface area (Å²) in [6.45, 7) is 3.88. The van der Waals surface area contributed by atoms with Gasteiger partial charge in [-0.15, -0.1) is 0 Å². The van der Waals surface area contributed by atoms with E-state index in [4.69, 9.17) is 0 Å². The zero-order valence-electron chi connectivity index (χ0n) is 9.15. The van der Waals surface area contributed by atoms with Crippen molar-refractivity contribution in [3.8, 4) is 0 Å². The molecule has 1 saturated heterocycles. The number of nitrogens with zero attached hydrogens (tertiary/aromatic N) is 1. The van der Waals surface area contributed by atoms with Gasteiger partial charge in [0.05, 0.1) is 5.56 Å². The third kappa shape index (κ3) is 2.61. The summed E-state index contributed by atoms with van der Waals surface area (Å²) in [4.78, 5) is 14.2. The van der Waals surface area contributed by atoms with Gasteiger partial charge in [-0.05, 0) is 28.1 Å². The lowest BCUT2D eigenvalue weighted by atomic mass is 10.2. The number of rotatable bonds is 1. The molecule has 1 heterocycles. The fraction of sp³-hybridized carbons (Fsp3) is 0.417. The Morgan fingerprint density at radius 3 is 2.94 bits per heavy atom. The Bertz CT molecular complexity index is 396. The van der Waals surface area contributed by atoms with Crippen molar-refractivity contribution in [1.82, 2.24) is 4.90 Å². The lowest BCUT2D eigenvalue weighted by molar-refractivity contribution is 0.0762. The molecule has 86 valence electrons. The lowest BCUT2D eigenvalue weighted by Crippen LogP contribution is -2.41. The summed E-state index contributed by atoms with van der Waals surface area (Å²) in [6.07, 6.45) is 0. The molecule has 1 atom stereocenters. The summed E-state index contributed by atoms with van der Waals surface area (Å²) in [5, 5.41) is 0.542. The molecule has 0 aliphatic carbocycles. The molecule has 4 heteroatoms. The van der Waals surface area contributed by atoms with Gasteiger partial charge in [0.2, 0.25) is 0 Å². The molecule has 1 aromatic carbocycles. The van der Waals surface area contributed by atoms with Crippen LogP contribution in [-0.4, -0.2) is 34.9 Å². The van der Waals surface area contributed by atoms with Crippen LogP contribution >= 0.6 is 27.7 Å². The second kappa shape index (κ2) is 5.23. The van der Waals surface area contributed by atoms with Gasteiger partial charge in [-0.3, -0.25) is 4.79 Å². The van der Waals surface area contributed by atoms with Crippen molar-refractivity contribution in [2.24, 2.45) is 0 Å². The van der Waals surface area contributed by atoms with Crippen molar-refractivity contribution in [2.45, 2.75) is 12.2 Å². The minimum atomic E-state index is 0.139. The van der Waals surface area contributed by atoms with Crippen molar-refractivity contribution in [2.75, 3.05) is 18.8 Å². The number of thioether (sulfide) groups is 1. The molecule has 1 unspecified atom stereocenters. The molecule has 1 amide bonds.